The minimum absolute atomic E-state index is 0.499. The van der Waals surface area contributed by atoms with Crippen molar-refractivity contribution in [2.24, 2.45) is 15.7 Å². The zero-order chi connectivity index (χ0) is 10.1. The summed E-state index contributed by atoms with van der Waals surface area (Å²) in [6.07, 6.45) is 3.63. The topological polar surface area (TPSA) is 83.0 Å². The van der Waals surface area contributed by atoms with Crippen molar-refractivity contribution in [3.05, 3.63) is 12.2 Å². The van der Waals surface area contributed by atoms with E-state index in [1.807, 2.05) is 6.92 Å². The van der Waals surface area contributed by atoms with Crippen LogP contribution in [0.1, 0.15) is 6.92 Å². The van der Waals surface area contributed by atoms with Crippen molar-refractivity contribution in [1.29, 1.82) is 0 Å². The average molecular weight is 184 g/mol. The van der Waals surface area contributed by atoms with Gasteiger partial charge in [0.2, 0.25) is 0 Å². The van der Waals surface area contributed by atoms with Gasteiger partial charge in [-0.2, -0.15) is 0 Å². The highest BCUT2D eigenvalue weighted by Gasteiger charge is 1.92. The number of hydrogen-bond donors (Lipinski definition) is 3. The molecule has 0 radical (unpaired) electrons. The third kappa shape index (κ3) is 6.01. The molecule has 0 aliphatic rings. The second-order valence-electron chi connectivity index (χ2n) is 2.20. The molecule has 5 nitrogen and oxygen atoms in total. The Morgan fingerprint density at radius 3 is 2.85 bits per heavy atom. The minimum atomic E-state index is -0.685. The molecule has 0 aromatic rings. The first-order chi connectivity index (χ1) is 6.24. The summed E-state index contributed by atoms with van der Waals surface area (Å²) >= 11 is 0. The van der Waals surface area contributed by atoms with Crippen LogP contribution in [-0.2, 0) is 0 Å². The van der Waals surface area contributed by atoms with Crippen LogP contribution in [0, 0.1) is 0 Å². The molecule has 0 rings (SSSR count). The number of aliphatic hydroxyl groups excluding tert-OH is 1. The van der Waals surface area contributed by atoms with E-state index in [1.54, 1.807) is 19.2 Å². The van der Waals surface area contributed by atoms with Gasteiger partial charge in [-0.25, -0.2) is 4.99 Å². The lowest BCUT2D eigenvalue weighted by Gasteiger charge is -2.00. The molecule has 0 amide bonds. The molecule has 74 valence electrons. The van der Waals surface area contributed by atoms with Crippen molar-refractivity contribution in [3.8, 4) is 0 Å². The minimum Gasteiger partial charge on any atom is -0.390 e. The first kappa shape index (κ1) is 11.8. The van der Waals surface area contributed by atoms with Crippen LogP contribution < -0.4 is 11.1 Å². The maximum atomic E-state index is 9.11. The van der Waals surface area contributed by atoms with Gasteiger partial charge in [0.25, 0.3) is 0 Å². The van der Waals surface area contributed by atoms with Crippen LogP contribution in [0.4, 0.5) is 0 Å². The number of nitrogens with one attached hydrogen (secondary N) is 1. The summed E-state index contributed by atoms with van der Waals surface area (Å²) in [4.78, 5) is 7.83. The maximum Gasteiger partial charge on any atom is 0.148 e. The molecule has 0 bridgehead atoms. The number of aliphatic imine (C=N–C) groups is 2. The van der Waals surface area contributed by atoms with Gasteiger partial charge in [0.1, 0.15) is 12.1 Å². The monoisotopic (exact) mass is 184 g/mol. The summed E-state index contributed by atoms with van der Waals surface area (Å²) in [7, 11) is 1.65. The number of hydrogen-bond acceptors (Lipinski definition) is 3. The molecule has 0 fully saturated rings. The third-order valence-electron chi connectivity index (χ3n) is 1.25. The standard InChI is InChI=1S/C8H16N4O/c1-3-11-7(12-6-9)4-5-8(13)10-2/h4-6,8,10,13H,3H2,1-2H3,(H2,9,11,12)/b5-4+. The van der Waals surface area contributed by atoms with Gasteiger partial charge in [0, 0.05) is 6.54 Å². The van der Waals surface area contributed by atoms with Crippen molar-refractivity contribution < 1.29 is 5.11 Å². The van der Waals surface area contributed by atoms with E-state index in [1.165, 1.54) is 6.34 Å². The Kier molecular flexibility index (Phi) is 6.76. The Morgan fingerprint density at radius 1 is 1.69 bits per heavy atom. The molecule has 0 aliphatic carbocycles. The number of nitrogens with two attached hydrogens (primary N) is 1. The Hall–Kier alpha value is -1.20. The number of rotatable bonds is 4. The van der Waals surface area contributed by atoms with E-state index in [-0.39, 0.29) is 0 Å². The molecule has 0 saturated heterocycles. The van der Waals surface area contributed by atoms with Gasteiger partial charge in [-0.15, -0.1) is 0 Å². The van der Waals surface area contributed by atoms with E-state index >= 15 is 0 Å². The zero-order valence-corrected chi connectivity index (χ0v) is 7.94. The highest BCUT2D eigenvalue weighted by atomic mass is 16.3. The third-order valence-corrected chi connectivity index (χ3v) is 1.25. The quantitative estimate of drug-likeness (QED) is 0.312. The van der Waals surface area contributed by atoms with Gasteiger partial charge in [0.15, 0.2) is 0 Å². The van der Waals surface area contributed by atoms with Crippen molar-refractivity contribution in [2.75, 3.05) is 13.6 Å². The summed E-state index contributed by atoms with van der Waals surface area (Å²) in [5.41, 5.74) is 5.11. The predicted octanol–water partition coefficient (Wildman–Crippen LogP) is -0.514. The molecule has 1 atom stereocenters. The molecule has 4 N–H and O–H groups in total. The Labute approximate surface area is 78.1 Å². The van der Waals surface area contributed by atoms with Crippen LogP contribution in [0.3, 0.4) is 0 Å². The van der Waals surface area contributed by atoms with E-state index in [4.69, 9.17) is 10.8 Å². The molecule has 1 unspecified atom stereocenters. The fourth-order valence-electron chi connectivity index (χ4n) is 0.648. The SMILES string of the molecule is CCN=C(/C=C/C(O)NC)N=CN. The number of nitrogens with zero attached hydrogens (tertiary/aromatic N) is 2. The van der Waals surface area contributed by atoms with Crippen LogP contribution in [-0.4, -0.2) is 37.1 Å². The lowest BCUT2D eigenvalue weighted by Crippen LogP contribution is -2.21. The Bertz CT molecular complexity index is 210. The van der Waals surface area contributed by atoms with Crippen molar-refractivity contribution in [2.45, 2.75) is 13.2 Å². The fraction of sp³-hybridized carbons (Fsp3) is 0.500. The maximum absolute atomic E-state index is 9.11. The number of likely N-dealkylation sites (N-methyl/N-ethyl adjacent to an activating group) is 1. The van der Waals surface area contributed by atoms with Crippen LogP contribution in [0.25, 0.3) is 0 Å². The highest BCUT2D eigenvalue weighted by molar-refractivity contribution is 5.97. The van der Waals surface area contributed by atoms with Gasteiger partial charge < -0.3 is 10.8 Å². The van der Waals surface area contributed by atoms with Crippen LogP contribution >= 0.6 is 0 Å². The molecule has 13 heavy (non-hydrogen) atoms. The largest absolute Gasteiger partial charge is 0.390 e. The molecule has 5 heteroatoms. The van der Waals surface area contributed by atoms with E-state index in [0.29, 0.717) is 12.4 Å². The lowest BCUT2D eigenvalue weighted by atomic mass is 10.4. The van der Waals surface area contributed by atoms with E-state index in [2.05, 4.69) is 15.3 Å². The summed E-state index contributed by atoms with van der Waals surface area (Å²) in [5.74, 6) is 0.499. The van der Waals surface area contributed by atoms with Gasteiger partial charge in [-0.1, -0.05) is 0 Å². The molecule has 0 aromatic carbocycles. The average Bonchev–Trinajstić information content (AvgIpc) is 2.14. The van der Waals surface area contributed by atoms with Crippen molar-refractivity contribution in [1.82, 2.24) is 5.32 Å². The molecular weight excluding hydrogens is 168 g/mol. The Morgan fingerprint density at radius 2 is 2.38 bits per heavy atom. The molecular formula is C8H16N4O. The molecule has 0 spiro atoms. The second kappa shape index (κ2) is 7.45. The van der Waals surface area contributed by atoms with E-state index in [0.717, 1.165) is 0 Å². The smallest absolute Gasteiger partial charge is 0.148 e. The van der Waals surface area contributed by atoms with Crippen molar-refractivity contribution >= 4 is 12.2 Å². The van der Waals surface area contributed by atoms with Crippen molar-refractivity contribution in [3.63, 3.8) is 0 Å². The van der Waals surface area contributed by atoms with Gasteiger partial charge in [0.05, 0.1) is 6.34 Å². The van der Waals surface area contributed by atoms with E-state index in [9.17, 15) is 0 Å². The number of amidine groups is 1. The molecule has 0 heterocycles. The number of aliphatic hydroxyl groups is 1. The molecule has 0 saturated carbocycles. The first-order valence-electron chi connectivity index (χ1n) is 4.06. The van der Waals surface area contributed by atoms with Crippen LogP contribution in [0.5, 0.6) is 0 Å². The van der Waals surface area contributed by atoms with Gasteiger partial charge in [-0.3, -0.25) is 10.3 Å². The second-order valence-corrected chi connectivity index (χ2v) is 2.20. The Balaban J connectivity index is 4.25. The normalized spacial score (nSPS) is 15.8. The van der Waals surface area contributed by atoms with Crippen LogP contribution in [0.15, 0.2) is 22.1 Å². The fourth-order valence-corrected chi connectivity index (χ4v) is 0.648. The summed E-state index contributed by atoms with van der Waals surface area (Å²) in [6.45, 7) is 2.53. The predicted molar refractivity (Wildman–Crippen MR) is 54.9 cm³/mol. The molecule has 0 aliphatic heterocycles. The summed E-state index contributed by atoms with van der Waals surface area (Å²) < 4.78 is 0. The molecule has 0 aromatic heterocycles. The van der Waals surface area contributed by atoms with Crippen LogP contribution in [0.2, 0.25) is 0 Å². The lowest BCUT2D eigenvalue weighted by molar-refractivity contribution is 0.195. The summed E-state index contributed by atoms with van der Waals surface area (Å²) in [6, 6.07) is 0. The summed E-state index contributed by atoms with van der Waals surface area (Å²) in [5, 5.41) is 11.7. The highest BCUT2D eigenvalue weighted by Crippen LogP contribution is 1.87. The van der Waals surface area contributed by atoms with Gasteiger partial charge in [-0.05, 0) is 26.1 Å². The zero-order valence-electron chi connectivity index (χ0n) is 7.94. The first-order valence-corrected chi connectivity index (χ1v) is 4.06. The van der Waals surface area contributed by atoms with E-state index < -0.39 is 6.23 Å². The van der Waals surface area contributed by atoms with Gasteiger partial charge >= 0.3 is 0 Å².